The highest BCUT2D eigenvalue weighted by Crippen LogP contribution is 2.17. The van der Waals surface area contributed by atoms with Gasteiger partial charge in [0.15, 0.2) is 11.6 Å². The molecule has 0 unspecified atom stereocenters. The van der Waals surface area contributed by atoms with Crippen molar-refractivity contribution in [3.05, 3.63) is 64.1 Å². The first-order chi connectivity index (χ1) is 13.0. The largest absolute Gasteiger partial charge is 0.489 e. The molecule has 6 nitrogen and oxygen atoms in total. The number of nitrogens with one attached hydrogen (secondary N) is 3. The molecule has 0 aromatic heterocycles. The van der Waals surface area contributed by atoms with E-state index in [0.717, 1.165) is 16.6 Å². The molecule has 0 spiro atoms. The summed E-state index contributed by atoms with van der Waals surface area (Å²) in [6, 6.07) is 9.43. The van der Waals surface area contributed by atoms with Crippen LogP contribution in [0.3, 0.4) is 0 Å². The van der Waals surface area contributed by atoms with Gasteiger partial charge in [0.2, 0.25) is 0 Å². The van der Waals surface area contributed by atoms with Crippen LogP contribution in [0.5, 0.6) is 5.75 Å². The number of hydrogen-bond donors (Lipinski definition) is 3. The van der Waals surface area contributed by atoms with Crippen molar-refractivity contribution in [1.82, 2.24) is 16.0 Å². The third-order valence-corrected chi connectivity index (χ3v) is 3.87. The van der Waals surface area contributed by atoms with Crippen LogP contribution < -0.4 is 20.7 Å². The SMILES string of the molecule is O=C(NCCNC(=O)c1ccc(Br)cc1)NCCOc1ccc(F)cc1F. The molecule has 2 aromatic carbocycles. The number of ether oxygens (including phenoxy) is 1. The summed E-state index contributed by atoms with van der Waals surface area (Å²) in [7, 11) is 0. The standard InChI is InChI=1S/C18H18BrF2N3O3/c19-13-3-1-12(2-4-13)17(25)22-7-8-23-18(26)24-9-10-27-16-6-5-14(20)11-15(16)21/h1-6,11H,7-10H2,(H,22,25)(H2,23,24,26). The van der Waals surface area contributed by atoms with E-state index in [9.17, 15) is 18.4 Å². The lowest BCUT2D eigenvalue weighted by Crippen LogP contribution is -2.41. The molecule has 3 N–H and O–H groups in total. The first kappa shape index (κ1) is 20.6. The van der Waals surface area contributed by atoms with Crippen molar-refractivity contribution >= 4 is 27.9 Å². The topological polar surface area (TPSA) is 79.5 Å². The molecular formula is C18H18BrF2N3O3. The Morgan fingerprint density at radius 2 is 1.59 bits per heavy atom. The summed E-state index contributed by atoms with van der Waals surface area (Å²) in [6.07, 6.45) is 0. The summed E-state index contributed by atoms with van der Waals surface area (Å²) in [5.41, 5.74) is 0.521. The van der Waals surface area contributed by atoms with Gasteiger partial charge in [-0.3, -0.25) is 4.79 Å². The maximum Gasteiger partial charge on any atom is 0.314 e. The minimum atomic E-state index is -0.805. The molecule has 0 radical (unpaired) electrons. The van der Waals surface area contributed by atoms with Crippen LogP contribution in [0.1, 0.15) is 10.4 Å². The molecule has 0 fully saturated rings. The van der Waals surface area contributed by atoms with Crippen molar-refractivity contribution in [2.45, 2.75) is 0 Å². The Morgan fingerprint density at radius 1 is 0.926 bits per heavy atom. The number of carbonyl (C=O) groups excluding carboxylic acids is 2. The lowest BCUT2D eigenvalue weighted by atomic mass is 10.2. The van der Waals surface area contributed by atoms with E-state index in [1.54, 1.807) is 24.3 Å². The number of hydrogen-bond acceptors (Lipinski definition) is 3. The van der Waals surface area contributed by atoms with Crippen LogP contribution in [-0.4, -0.2) is 38.2 Å². The lowest BCUT2D eigenvalue weighted by molar-refractivity contribution is 0.0954. The number of benzene rings is 2. The van der Waals surface area contributed by atoms with E-state index in [2.05, 4.69) is 31.9 Å². The molecule has 27 heavy (non-hydrogen) atoms. The molecule has 144 valence electrons. The lowest BCUT2D eigenvalue weighted by Gasteiger charge is -2.10. The Bertz CT molecular complexity index is 788. The van der Waals surface area contributed by atoms with Gasteiger partial charge in [-0.25, -0.2) is 13.6 Å². The van der Waals surface area contributed by atoms with Gasteiger partial charge in [-0.2, -0.15) is 0 Å². The minimum Gasteiger partial charge on any atom is -0.489 e. The normalized spacial score (nSPS) is 10.2. The van der Waals surface area contributed by atoms with Gasteiger partial charge in [-0.15, -0.1) is 0 Å². The molecule has 0 aliphatic rings. The third-order valence-electron chi connectivity index (χ3n) is 3.34. The summed E-state index contributed by atoms with van der Waals surface area (Å²) in [5, 5.41) is 7.76. The van der Waals surface area contributed by atoms with Crippen LogP contribution in [0.4, 0.5) is 13.6 Å². The van der Waals surface area contributed by atoms with Crippen molar-refractivity contribution in [3.8, 4) is 5.75 Å². The Balaban J connectivity index is 1.57. The molecule has 3 amide bonds. The van der Waals surface area contributed by atoms with E-state index in [-0.39, 0.29) is 37.9 Å². The maximum atomic E-state index is 13.3. The molecule has 0 aliphatic heterocycles. The third kappa shape index (κ3) is 7.22. The molecule has 0 saturated carbocycles. The molecule has 0 saturated heterocycles. The number of carbonyl (C=O) groups is 2. The fraction of sp³-hybridized carbons (Fsp3) is 0.222. The van der Waals surface area contributed by atoms with Crippen LogP contribution in [0, 0.1) is 11.6 Å². The molecule has 0 heterocycles. The van der Waals surface area contributed by atoms with Gasteiger partial charge in [-0.05, 0) is 36.4 Å². The fourth-order valence-corrected chi connectivity index (χ4v) is 2.30. The van der Waals surface area contributed by atoms with E-state index in [0.29, 0.717) is 5.56 Å². The maximum absolute atomic E-state index is 13.3. The zero-order chi connectivity index (χ0) is 19.6. The van der Waals surface area contributed by atoms with Crippen molar-refractivity contribution in [1.29, 1.82) is 0 Å². The monoisotopic (exact) mass is 441 g/mol. The Kier molecular flexibility index (Phi) is 8.00. The van der Waals surface area contributed by atoms with Crippen molar-refractivity contribution in [3.63, 3.8) is 0 Å². The van der Waals surface area contributed by atoms with Gasteiger partial charge in [0, 0.05) is 29.2 Å². The van der Waals surface area contributed by atoms with Gasteiger partial charge in [0.25, 0.3) is 5.91 Å². The summed E-state index contributed by atoms with van der Waals surface area (Å²) in [4.78, 5) is 23.5. The van der Waals surface area contributed by atoms with E-state index >= 15 is 0 Å². The molecule has 0 bridgehead atoms. The van der Waals surface area contributed by atoms with Gasteiger partial charge in [0.1, 0.15) is 12.4 Å². The van der Waals surface area contributed by atoms with Crippen molar-refractivity contribution in [2.75, 3.05) is 26.2 Å². The molecule has 0 aliphatic carbocycles. The number of halogens is 3. The molecule has 9 heteroatoms. The predicted molar refractivity (Wildman–Crippen MR) is 99.7 cm³/mol. The molecule has 0 atom stereocenters. The van der Waals surface area contributed by atoms with E-state index in [1.165, 1.54) is 6.07 Å². The van der Waals surface area contributed by atoms with Crippen LogP contribution in [-0.2, 0) is 0 Å². The number of amides is 3. The first-order valence-electron chi connectivity index (χ1n) is 8.09. The van der Waals surface area contributed by atoms with Crippen LogP contribution >= 0.6 is 15.9 Å². The average Bonchev–Trinajstić information content (AvgIpc) is 2.64. The second-order valence-electron chi connectivity index (χ2n) is 5.37. The Labute approximate surface area is 163 Å². The molecular weight excluding hydrogens is 424 g/mol. The molecule has 2 aromatic rings. The highest BCUT2D eigenvalue weighted by atomic mass is 79.9. The summed E-state index contributed by atoms with van der Waals surface area (Å²) in [5.74, 6) is -1.82. The van der Waals surface area contributed by atoms with E-state index in [1.807, 2.05) is 0 Å². The Morgan fingerprint density at radius 3 is 2.30 bits per heavy atom. The first-order valence-corrected chi connectivity index (χ1v) is 8.88. The van der Waals surface area contributed by atoms with Gasteiger partial charge < -0.3 is 20.7 Å². The van der Waals surface area contributed by atoms with Gasteiger partial charge in [0.05, 0.1) is 6.54 Å². The zero-order valence-electron chi connectivity index (χ0n) is 14.2. The minimum absolute atomic E-state index is 0.0241. The fourth-order valence-electron chi connectivity index (χ4n) is 2.04. The highest BCUT2D eigenvalue weighted by Gasteiger charge is 2.06. The van der Waals surface area contributed by atoms with Crippen LogP contribution in [0.25, 0.3) is 0 Å². The van der Waals surface area contributed by atoms with Crippen molar-refractivity contribution < 1.29 is 23.1 Å². The Hall–Kier alpha value is -2.68. The number of urea groups is 1. The van der Waals surface area contributed by atoms with Gasteiger partial charge >= 0.3 is 6.03 Å². The number of rotatable bonds is 8. The smallest absolute Gasteiger partial charge is 0.314 e. The van der Waals surface area contributed by atoms with Crippen molar-refractivity contribution in [2.24, 2.45) is 0 Å². The quantitative estimate of drug-likeness (QED) is 0.551. The average molecular weight is 442 g/mol. The summed E-state index contributed by atoms with van der Waals surface area (Å²) < 4.78 is 32.1. The predicted octanol–water partition coefficient (Wildman–Crippen LogP) is 2.84. The summed E-state index contributed by atoms with van der Waals surface area (Å²) >= 11 is 3.29. The van der Waals surface area contributed by atoms with Crippen LogP contribution in [0.15, 0.2) is 46.9 Å². The van der Waals surface area contributed by atoms with Crippen LogP contribution in [0.2, 0.25) is 0 Å². The summed E-state index contributed by atoms with van der Waals surface area (Å²) in [6.45, 7) is 0.658. The van der Waals surface area contributed by atoms with Gasteiger partial charge in [-0.1, -0.05) is 15.9 Å². The molecule has 2 rings (SSSR count). The van der Waals surface area contributed by atoms with E-state index in [4.69, 9.17) is 4.74 Å². The zero-order valence-corrected chi connectivity index (χ0v) is 15.8. The second kappa shape index (κ2) is 10.5. The van der Waals surface area contributed by atoms with E-state index < -0.39 is 17.7 Å². The highest BCUT2D eigenvalue weighted by molar-refractivity contribution is 9.10. The second-order valence-corrected chi connectivity index (χ2v) is 6.28.